The highest BCUT2D eigenvalue weighted by molar-refractivity contribution is 6.30. The first kappa shape index (κ1) is 20.8. The second kappa shape index (κ2) is 8.70. The zero-order chi connectivity index (χ0) is 22.0. The quantitative estimate of drug-likeness (QED) is 0.652. The standard InChI is InChI=1S/C24H21ClN2O4/c1-30-20-10-6-9-17(23(20)31-2)24(29)27-14-21(28)26-19-12-11-16(25)13-18(19)22(27)15-7-4-3-5-8-15/h3-13,22H,14H2,1-2H3,(H,26,28)/t22-/m0/s1. The van der Waals surface area contributed by atoms with Crippen molar-refractivity contribution in [3.05, 3.63) is 88.4 Å². The van der Waals surface area contributed by atoms with Crippen molar-refractivity contribution in [2.75, 3.05) is 26.1 Å². The number of para-hydroxylation sites is 1. The summed E-state index contributed by atoms with van der Waals surface area (Å²) in [5, 5.41) is 3.41. The Morgan fingerprint density at radius 3 is 2.52 bits per heavy atom. The van der Waals surface area contributed by atoms with Crippen LogP contribution in [0, 0.1) is 0 Å². The Morgan fingerprint density at radius 2 is 1.81 bits per heavy atom. The molecule has 0 aromatic heterocycles. The summed E-state index contributed by atoms with van der Waals surface area (Å²) in [6.45, 7) is -0.134. The van der Waals surface area contributed by atoms with Crippen molar-refractivity contribution in [3.8, 4) is 11.5 Å². The minimum absolute atomic E-state index is 0.134. The molecule has 31 heavy (non-hydrogen) atoms. The van der Waals surface area contributed by atoms with Gasteiger partial charge in [0, 0.05) is 16.3 Å². The van der Waals surface area contributed by atoms with Crippen molar-refractivity contribution in [1.82, 2.24) is 4.90 Å². The molecule has 1 aliphatic heterocycles. The molecule has 6 nitrogen and oxygen atoms in total. The summed E-state index contributed by atoms with van der Waals surface area (Å²) in [7, 11) is 2.99. The molecule has 1 N–H and O–H groups in total. The van der Waals surface area contributed by atoms with Gasteiger partial charge in [-0.05, 0) is 35.9 Å². The van der Waals surface area contributed by atoms with Crippen molar-refractivity contribution in [2.24, 2.45) is 0 Å². The fourth-order valence-electron chi connectivity index (χ4n) is 3.87. The summed E-state index contributed by atoms with van der Waals surface area (Å²) in [4.78, 5) is 28.1. The maximum absolute atomic E-state index is 13.8. The SMILES string of the molecule is COc1cccc(C(=O)N2CC(=O)Nc3ccc(Cl)cc3[C@@H]2c2ccccc2)c1OC. The highest BCUT2D eigenvalue weighted by Crippen LogP contribution is 2.39. The number of hydrogen-bond acceptors (Lipinski definition) is 4. The average molecular weight is 437 g/mol. The Morgan fingerprint density at radius 1 is 1.03 bits per heavy atom. The number of nitrogens with one attached hydrogen (secondary N) is 1. The predicted octanol–water partition coefficient (Wildman–Crippen LogP) is 4.54. The number of ether oxygens (including phenoxy) is 2. The van der Waals surface area contributed by atoms with E-state index in [1.807, 2.05) is 30.3 Å². The number of fused-ring (bicyclic) bond motifs is 1. The first-order chi connectivity index (χ1) is 15.0. The lowest BCUT2D eigenvalue weighted by molar-refractivity contribution is -0.117. The summed E-state index contributed by atoms with van der Waals surface area (Å²) in [6.07, 6.45) is 0. The number of anilines is 1. The molecular formula is C24H21ClN2O4. The molecule has 2 amide bonds. The van der Waals surface area contributed by atoms with Crippen molar-refractivity contribution < 1.29 is 19.1 Å². The number of rotatable bonds is 4. The van der Waals surface area contributed by atoms with E-state index in [0.717, 1.165) is 11.1 Å². The Balaban J connectivity index is 1.91. The lowest BCUT2D eigenvalue weighted by atomic mass is 9.95. The summed E-state index contributed by atoms with van der Waals surface area (Å²) in [5.41, 5.74) is 2.52. The Kier molecular flexibility index (Phi) is 5.82. The third-order valence-electron chi connectivity index (χ3n) is 5.22. The van der Waals surface area contributed by atoms with Crippen LogP contribution >= 0.6 is 11.6 Å². The fourth-order valence-corrected chi connectivity index (χ4v) is 4.05. The molecule has 3 aromatic carbocycles. The minimum atomic E-state index is -0.530. The average Bonchev–Trinajstić information content (AvgIpc) is 2.94. The second-order valence-corrected chi connectivity index (χ2v) is 7.50. The van der Waals surface area contributed by atoms with E-state index in [4.69, 9.17) is 21.1 Å². The van der Waals surface area contributed by atoms with Gasteiger partial charge >= 0.3 is 0 Å². The van der Waals surface area contributed by atoms with Gasteiger partial charge in [-0.15, -0.1) is 0 Å². The largest absolute Gasteiger partial charge is 0.493 e. The first-order valence-corrected chi connectivity index (χ1v) is 10.1. The van der Waals surface area contributed by atoms with E-state index in [1.54, 1.807) is 36.4 Å². The van der Waals surface area contributed by atoms with Crippen LogP contribution in [0.1, 0.15) is 27.5 Å². The van der Waals surface area contributed by atoms with Gasteiger partial charge in [-0.25, -0.2) is 0 Å². The lowest BCUT2D eigenvalue weighted by Gasteiger charge is -2.31. The number of methoxy groups -OCH3 is 2. The molecule has 7 heteroatoms. The number of benzene rings is 3. The molecule has 0 radical (unpaired) electrons. The van der Waals surface area contributed by atoms with Gasteiger partial charge in [-0.3, -0.25) is 9.59 Å². The minimum Gasteiger partial charge on any atom is -0.493 e. The highest BCUT2D eigenvalue weighted by atomic mass is 35.5. The summed E-state index contributed by atoms with van der Waals surface area (Å²) < 4.78 is 10.8. The molecule has 1 heterocycles. The maximum atomic E-state index is 13.8. The van der Waals surface area contributed by atoms with E-state index in [9.17, 15) is 9.59 Å². The zero-order valence-corrected chi connectivity index (χ0v) is 17.8. The van der Waals surface area contributed by atoms with Crippen LogP contribution in [0.25, 0.3) is 0 Å². The van der Waals surface area contributed by atoms with E-state index < -0.39 is 6.04 Å². The number of amides is 2. The monoisotopic (exact) mass is 436 g/mol. The smallest absolute Gasteiger partial charge is 0.259 e. The predicted molar refractivity (Wildman–Crippen MR) is 119 cm³/mol. The van der Waals surface area contributed by atoms with E-state index in [0.29, 0.717) is 27.8 Å². The summed E-state index contributed by atoms with van der Waals surface area (Å²) in [6, 6.07) is 19.4. The number of nitrogens with zero attached hydrogens (tertiary/aromatic N) is 1. The van der Waals surface area contributed by atoms with E-state index in [-0.39, 0.29) is 18.4 Å². The highest BCUT2D eigenvalue weighted by Gasteiger charge is 2.35. The molecule has 0 spiro atoms. The third kappa shape index (κ3) is 3.94. The van der Waals surface area contributed by atoms with Crippen LogP contribution in [0.3, 0.4) is 0 Å². The van der Waals surface area contributed by atoms with Gasteiger partial charge in [0.25, 0.3) is 5.91 Å². The van der Waals surface area contributed by atoms with E-state index in [1.165, 1.54) is 19.1 Å². The van der Waals surface area contributed by atoms with Gasteiger partial charge in [0.05, 0.1) is 25.8 Å². The van der Waals surface area contributed by atoms with Gasteiger partial charge in [0.1, 0.15) is 6.54 Å². The number of carbonyl (C=O) groups is 2. The molecule has 3 aromatic rings. The van der Waals surface area contributed by atoms with Crippen LogP contribution in [0.2, 0.25) is 5.02 Å². The van der Waals surface area contributed by atoms with E-state index in [2.05, 4.69) is 5.32 Å². The van der Waals surface area contributed by atoms with Gasteiger partial charge in [0.15, 0.2) is 11.5 Å². The Labute approximate surface area is 185 Å². The molecule has 1 atom stereocenters. The van der Waals surface area contributed by atoms with Crippen LogP contribution in [-0.2, 0) is 4.79 Å². The van der Waals surface area contributed by atoms with Gasteiger partial charge in [-0.2, -0.15) is 0 Å². The molecule has 1 aliphatic rings. The van der Waals surface area contributed by atoms with Gasteiger partial charge < -0.3 is 19.7 Å². The van der Waals surface area contributed by atoms with Crippen molar-refractivity contribution >= 4 is 29.1 Å². The summed E-state index contributed by atoms with van der Waals surface area (Å²) >= 11 is 6.30. The molecular weight excluding hydrogens is 416 g/mol. The van der Waals surface area contributed by atoms with Crippen LogP contribution < -0.4 is 14.8 Å². The number of hydrogen-bond donors (Lipinski definition) is 1. The van der Waals surface area contributed by atoms with Gasteiger partial charge in [0.2, 0.25) is 5.91 Å². The molecule has 0 unspecified atom stereocenters. The Bertz CT molecular complexity index is 1130. The molecule has 0 saturated heterocycles. The second-order valence-electron chi connectivity index (χ2n) is 7.07. The molecule has 4 rings (SSSR count). The van der Waals surface area contributed by atoms with Crippen molar-refractivity contribution in [1.29, 1.82) is 0 Å². The van der Waals surface area contributed by atoms with Crippen molar-refractivity contribution in [3.63, 3.8) is 0 Å². The Hall–Kier alpha value is -3.51. The molecule has 158 valence electrons. The molecule has 0 aliphatic carbocycles. The first-order valence-electron chi connectivity index (χ1n) is 9.69. The van der Waals surface area contributed by atoms with Crippen LogP contribution in [0.15, 0.2) is 66.7 Å². The van der Waals surface area contributed by atoms with E-state index >= 15 is 0 Å². The van der Waals surface area contributed by atoms with Crippen LogP contribution in [0.5, 0.6) is 11.5 Å². The topological polar surface area (TPSA) is 67.9 Å². The third-order valence-corrected chi connectivity index (χ3v) is 5.45. The number of halogens is 1. The van der Waals surface area contributed by atoms with Crippen molar-refractivity contribution in [2.45, 2.75) is 6.04 Å². The maximum Gasteiger partial charge on any atom is 0.259 e. The lowest BCUT2D eigenvalue weighted by Crippen LogP contribution is -2.39. The molecule has 0 bridgehead atoms. The van der Waals surface area contributed by atoms with Gasteiger partial charge in [-0.1, -0.05) is 48.0 Å². The molecule has 0 fully saturated rings. The normalized spacial score (nSPS) is 15.5. The van der Waals surface area contributed by atoms with Crippen LogP contribution in [-0.4, -0.2) is 37.5 Å². The zero-order valence-electron chi connectivity index (χ0n) is 17.1. The van der Waals surface area contributed by atoms with Crippen LogP contribution in [0.4, 0.5) is 5.69 Å². The fraction of sp³-hybridized carbons (Fsp3) is 0.167. The number of carbonyl (C=O) groups excluding carboxylic acids is 2. The summed E-state index contributed by atoms with van der Waals surface area (Å²) in [5.74, 6) is 0.106. The molecule has 0 saturated carbocycles.